The van der Waals surface area contributed by atoms with Crippen molar-refractivity contribution in [2.75, 3.05) is 7.11 Å². The van der Waals surface area contributed by atoms with Crippen molar-refractivity contribution in [3.8, 4) is 0 Å². The molecule has 0 unspecified atom stereocenters. The van der Waals surface area contributed by atoms with E-state index in [1.165, 1.54) is 7.11 Å². The highest BCUT2D eigenvalue weighted by atomic mass is 16.5. The minimum atomic E-state index is -0.277. The fourth-order valence-corrected chi connectivity index (χ4v) is 4.00. The molecule has 2 aliphatic carbocycles. The molecule has 0 aromatic rings. The van der Waals surface area contributed by atoms with Crippen LogP contribution in [0.25, 0.3) is 0 Å². The van der Waals surface area contributed by atoms with Crippen LogP contribution in [0.3, 0.4) is 0 Å². The Hall–Kier alpha value is -0.570. The van der Waals surface area contributed by atoms with Crippen LogP contribution >= 0.6 is 0 Å². The molecule has 0 aromatic carbocycles. The van der Waals surface area contributed by atoms with Crippen LogP contribution in [0.2, 0.25) is 0 Å². The zero-order valence-corrected chi connectivity index (χ0v) is 10.7. The molecule has 16 heavy (non-hydrogen) atoms. The van der Waals surface area contributed by atoms with Crippen LogP contribution in [0.5, 0.6) is 0 Å². The van der Waals surface area contributed by atoms with Crippen molar-refractivity contribution in [2.45, 2.75) is 52.6 Å². The lowest BCUT2D eigenvalue weighted by molar-refractivity contribution is -0.145. The van der Waals surface area contributed by atoms with E-state index in [0.29, 0.717) is 6.42 Å². The van der Waals surface area contributed by atoms with Gasteiger partial charge in [-0.2, -0.15) is 0 Å². The van der Waals surface area contributed by atoms with Crippen LogP contribution in [-0.2, 0) is 9.53 Å². The molecule has 2 rings (SSSR count). The van der Waals surface area contributed by atoms with E-state index in [9.17, 15) is 9.90 Å². The van der Waals surface area contributed by atoms with E-state index in [0.717, 1.165) is 19.3 Å². The molecule has 1 N–H and O–H groups in total. The van der Waals surface area contributed by atoms with Gasteiger partial charge in [-0.1, -0.05) is 20.8 Å². The van der Waals surface area contributed by atoms with Gasteiger partial charge in [0.2, 0.25) is 0 Å². The zero-order valence-electron chi connectivity index (χ0n) is 10.7. The second kappa shape index (κ2) is 3.22. The fourth-order valence-electron chi connectivity index (χ4n) is 4.00. The van der Waals surface area contributed by atoms with Gasteiger partial charge in [0.25, 0.3) is 0 Å². The molecular weight excluding hydrogens is 204 g/mol. The molecule has 0 aliphatic heterocycles. The molecule has 3 nitrogen and oxygen atoms in total. The fraction of sp³-hybridized carbons (Fsp3) is 0.923. The second-order valence-corrected chi connectivity index (χ2v) is 6.30. The number of carbonyl (C=O) groups excluding carboxylic acids is 1. The topological polar surface area (TPSA) is 46.5 Å². The third-order valence-corrected chi connectivity index (χ3v) is 5.91. The lowest BCUT2D eigenvalue weighted by Crippen LogP contribution is -2.37. The lowest BCUT2D eigenvalue weighted by Gasteiger charge is -2.40. The molecule has 2 saturated carbocycles. The van der Waals surface area contributed by atoms with Crippen LogP contribution in [0, 0.1) is 16.2 Å². The average molecular weight is 226 g/mol. The molecular formula is C13H22O3. The number of hydrogen-bond acceptors (Lipinski definition) is 3. The number of fused-ring (bicyclic) bond motifs is 2. The molecule has 0 spiro atoms. The Morgan fingerprint density at radius 2 is 2.00 bits per heavy atom. The largest absolute Gasteiger partial charge is 0.469 e. The van der Waals surface area contributed by atoms with Crippen molar-refractivity contribution < 1.29 is 14.6 Å². The molecule has 92 valence electrons. The van der Waals surface area contributed by atoms with Gasteiger partial charge in [-0.15, -0.1) is 0 Å². The molecule has 2 fully saturated rings. The number of rotatable bonds is 2. The number of hydrogen-bond donors (Lipinski definition) is 1. The first-order valence-corrected chi connectivity index (χ1v) is 6.04. The van der Waals surface area contributed by atoms with E-state index in [4.69, 9.17) is 4.74 Å². The number of aliphatic hydroxyl groups is 1. The highest BCUT2D eigenvalue weighted by Crippen LogP contribution is 2.73. The minimum absolute atomic E-state index is 0.00755. The van der Waals surface area contributed by atoms with Gasteiger partial charge in [-0.25, -0.2) is 0 Å². The van der Waals surface area contributed by atoms with Gasteiger partial charge in [0.15, 0.2) is 0 Å². The van der Waals surface area contributed by atoms with Crippen LogP contribution in [0.4, 0.5) is 0 Å². The summed E-state index contributed by atoms with van der Waals surface area (Å²) in [4.78, 5) is 11.5. The van der Waals surface area contributed by atoms with Crippen molar-refractivity contribution >= 4 is 5.97 Å². The van der Waals surface area contributed by atoms with E-state index in [2.05, 4.69) is 20.8 Å². The molecule has 0 saturated heterocycles. The third-order valence-electron chi connectivity index (χ3n) is 5.91. The minimum Gasteiger partial charge on any atom is -0.469 e. The van der Waals surface area contributed by atoms with Gasteiger partial charge in [0.1, 0.15) is 0 Å². The summed E-state index contributed by atoms with van der Waals surface area (Å²) in [6.07, 6.45) is 2.95. The number of esters is 1. The highest BCUT2D eigenvalue weighted by Gasteiger charge is 2.69. The van der Waals surface area contributed by atoms with Crippen molar-refractivity contribution in [1.29, 1.82) is 0 Å². The quantitative estimate of drug-likeness (QED) is 0.734. The summed E-state index contributed by atoms with van der Waals surface area (Å²) in [6, 6.07) is 0. The maximum atomic E-state index is 11.5. The van der Waals surface area contributed by atoms with E-state index >= 15 is 0 Å². The molecule has 0 radical (unpaired) electrons. The molecule has 0 heterocycles. The molecule has 3 heteroatoms. The van der Waals surface area contributed by atoms with E-state index in [1.54, 1.807) is 0 Å². The van der Waals surface area contributed by atoms with Crippen LogP contribution in [0.15, 0.2) is 0 Å². The highest BCUT2D eigenvalue weighted by molar-refractivity contribution is 5.70. The standard InChI is InChI=1S/C13H22O3/c1-11(2)12(3)5-6-13(11,7-9(12)14)8-10(15)16-4/h9,14H,5-8H2,1-4H3/t9-,12+,13-/m0/s1. The third kappa shape index (κ3) is 1.15. The van der Waals surface area contributed by atoms with Crippen molar-refractivity contribution in [2.24, 2.45) is 16.2 Å². The summed E-state index contributed by atoms with van der Waals surface area (Å²) in [6.45, 7) is 6.54. The van der Waals surface area contributed by atoms with Gasteiger partial charge in [0.05, 0.1) is 19.6 Å². The molecule has 3 atom stereocenters. The first-order chi connectivity index (χ1) is 7.29. The molecule has 2 aliphatic rings. The summed E-state index contributed by atoms with van der Waals surface area (Å²) < 4.78 is 4.80. The Kier molecular flexibility index (Phi) is 2.40. The van der Waals surface area contributed by atoms with Crippen LogP contribution < -0.4 is 0 Å². The van der Waals surface area contributed by atoms with E-state index < -0.39 is 0 Å². The predicted octanol–water partition coefficient (Wildman–Crippen LogP) is 2.13. The Balaban J connectivity index is 2.33. The van der Waals surface area contributed by atoms with Crippen molar-refractivity contribution in [3.63, 3.8) is 0 Å². The first kappa shape index (κ1) is 11.9. The Bertz CT molecular complexity index is 323. The Morgan fingerprint density at radius 1 is 1.38 bits per heavy atom. The van der Waals surface area contributed by atoms with Gasteiger partial charge < -0.3 is 9.84 Å². The number of aliphatic hydroxyl groups excluding tert-OH is 1. The second-order valence-electron chi connectivity index (χ2n) is 6.30. The van der Waals surface area contributed by atoms with E-state index in [1.807, 2.05) is 0 Å². The normalized spacial score (nSPS) is 44.7. The lowest BCUT2D eigenvalue weighted by atomic mass is 9.64. The van der Waals surface area contributed by atoms with Crippen molar-refractivity contribution in [1.82, 2.24) is 0 Å². The van der Waals surface area contributed by atoms with Gasteiger partial charge in [0, 0.05) is 0 Å². The summed E-state index contributed by atoms with van der Waals surface area (Å²) in [7, 11) is 1.44. The number of carbonyl (C=O) groups is 1. The van der Waals surface area contributed by atoms with Crippen LogP contribution in [-0.4, -0.2) is 24.3 Å². The van der Waals surface area contributed by atoms with Gasteiger partial charge in [-0.05, 0) is 35.5 Å². The maximum Gasteiger partial charge on any atom is 0.306 e. The van der Waals surface area contributed by atoms with Crippen LogP contribution in [0.1, 0.15) is 46.5 Å². The maximum absolute atomic E-state index is 11.5. The van der Waals surface area contributed by atoms with Gasteiger partial charge >= 0.3 is 5.97 Å². The first-order valence-electron chi connectivity index (χ1n) is 6.04. The molecule has 2 bridgehead atoms. The molecule has 0 amide bonds. The predicted molar refractivity (Wildman–Crippen MR) is 60.8 cm³/mol. The van der Waals surface area contributed by atoms with E-state index in [-0.39, 0.29) is 28.3 Å². The summed E-state index contributed by atoms with van der Waals surface area (Å²) in [5.74, 6) is -0.147. The van der Waals surface area contributed by atoms with Crippen molar-refractivity contribution in [3.05, 3.63) is 0 Å². The number of methoxy groups -OCH3 is 1. The average Bonchev–Trinajstić information content (AvgIpc) is 2.47. The summed E-state index contributed by atoms with van der Waals surface area (Å²) in [5.41, 5.74) is -0.0944. The summed E-state index contributed by atoms with van der Waals surface area (Å²) >= 11 is 0. The van der Waals surface area contributed by atoms with Gasteiger partial charge in [-0.3, -0.25) is 4.79 Å². The monoisotopic (exact) mass is 226 g/mol. The summed E-state index contributed by atoms with van der Waals surface area (Å²) in [5, 5.41) is 10.2. The Morgan fingerprint density at radius 3 is 2.38 bits per heavy atom. The molecule has 0 aromatic heterocycles. The zero-order chi connectivity index (χ0) is 12.2. The smallest absolute Gasteiger partial charge is 0.306 e. The Labute approximate surface area is 97.2 Å². The SMILES string of the molecule is COC(=O)C[C@]12CC[C@](C)([C@@H](O)C1)C2(C)C. The number of ether oxygens (including phenoxy) is 1.